The molecule has 0 aromatic heterocycles. The Bertz CT molecular complexity index is 1180. The molecule has 7 N–H and O–H groups in total. The van der Waals surface area contributed by atoms with Gasteiger partial charge < -0.3 is 55.1 Å². The van der Waals surface area contributed by atoms with Crippen molar-refractivity contribution >= 4 is 17.8 Å². The molecule has 2 rings (SSSR count). The van der Waals surface area contributed by atoms with Crippen LogP contribution in [0.4, 0.5) is 13.2 Å². The Balaban J connectivity index is 2.06. The molecule has 1 aliphatic rings. The van der Waals surface area contributed by atoms with Gasteiger partial charge in [-0.15, -0.1) is 19.6 Å². The van der Waals surface area contributed by atoms with Crippen LogP contribution >= 0.6 is 0 Å². The monoisotopic (exact) mass is 664 g/mol. The summed E-state index contributed by atoms with van der Waals surface area (Å²) in [5.41, 5.74) is 0.139. The number of hydrogen-bond donors (Lipinski definition) is 7. The number of alkyl halides is 3. The number of carbonyl (C=O) groups excluding carboxylic acids is 2. The van der Waals surface area contributed by atoms with Gasteiger partial charge in [0, 0.05) is 19.6 Å². The lowest BCUT2D eigenvalue weighted by Gasteiger charge is -2.46. The van der Waals surface area contributed by atoms with Gasteiger partial charge in [0.25, 0.3) is 5.79 Å². The van der Waals surface area contributed by atoms with E-state index in [1.54, 1.807) is 0 Å². The average molecular weight is 665 g/mol. The number of unbranched alkanes of at least 4 members (excludes halogenated alkanes) is 3. The fourth-order valence-electron chi connectivity index (χ4n) is 4.63. The van der Waals surface area contributed by atoms with Gasteiger partial charge in [-0.3, -0.25) is 9.59 Å². The number of carboxylic acid groups (broad SMARTS) is 1. The number of nitrogens with one attached hydrogen (secondary N) is 2. The van der Waals surface area contributed by atoms with Crippen LogP contribution in [0.2, 0.25) is 0 Å². The second-order valence-electron chi connectivity index (χ2n) is 10.4. The number of rotatable bonds is 19. The number of halogens is 3. The van der Waals surface area contributed by atoms with Gasteiger partial charge in [-0.1, -0.05) is 30.9 Å². The first-order chi connectivity index (χ1) is 21.7. The number of aliphatic hydroxyl groups is 4. The van der Waals surface area contributed by atoms with Gasteiger partial charge >= 0.3 is 12.3 Å². The quantitative estimate of drug-likeness (QED) is 0.0744. The van der Waals surface area contributed by atoms with E-state index in [0.29, 0.717) is 25.9 Å². The molecule has 17 heteroatoms. The topological polar surface area (TPSA) is 213 Å². The first kappa shape index (κ1) is 38.7. The van der Waals surface area contributed by atoms with Gasteiger partial charge in [-0.2, -0.15) is 0 Å². The van der Waals surface area contributed by atoms with Crippen molar-refractivity contribution in [1.82, 2.24) is 10.6 Å². The van der Waals surface area contributed by atoms with Gasteiger partial charge in [0.05, 0.1) is 31.3 Å². The molecule has 14 nitrogen and oxygen atoms in total. The van der Waals surface area contributed by atoms with Gasteiger partial charge in [-0.05, 0) is 30.5 Å². The van der Waals surface area contributed by atoms with E-state index in [9.17, 15) is 53.1 Å². The van der Waals surface area contributed by atoms with Crippen molar-refractivity contribution < 1.29 is 72.0 Å². The number of hydrogen-bond acceptors (Lipinski definition) is 11. The van der Waals surface area contributed by atoms with Crippen molar-refractivity contribution in [3.8, 4) is 18.1 Å². The second kappa shape index (κ2) is 18.6. The van der Waals surface area contributed by atoms with Crippen molar-refractivity contribution in [2.45, 2.75) is 81.1 Å². The third kappa shape index (κ3) is 12.7. The lowest BCUT2D eigenvalue weighted by atomic mass is 9.88. The molecule has 1 aromatic carbocycles. The highest BCUT2D eigenvalue weighted by molar-refractivity contribution is 5.79. The zero-order valence-corrected chi connectivity index (χ0v) is 24.8. The lowest BCUT2D eigenvalue weighted by Crippen LogP contribution is -2.68. The van der Waals surface area contributed by atoms with E-state index >= 15 is 0 Å². The Morgan fingerprint density at radius 2 is 1.83 bits per heavy atom. The van der Waals surface area contributed by atoms with Crippen LogP contribution in [0.15, 0.2) is 24.3 Å². The van der Waals surface area contributed by atoms with E-state index in [-0.39, 0.29) is 18.8 Å². The van der Waals surface area contributed by atoms with E-state index in [1.807, 2.05) is 0 Å². The highest BCUT2D eigenvalue weighted by Crippen LogP contribution is 2.34. The molecule has 1 heterocycles. The van der Waals surface area contributed by atoms with Gasteiger partial charge in [0.1, 0.15) is 31.2 Å². The first-order valence-electron chi connectivity index (χ1n) is 14.3. The fraction of sp³-hybridized carbons (Fsp3) is 0.621. The SMILES string of the molecule is C#CCOCCCCCCO[C@]1(C(=O)O)C[C@H](O)[C@@H](NC(=O)CO)[C@H]([C@H](O)[C@H](O)CNC(=O)Cc2cccc(OC(F)(F)F)c2)O1. The first-order valence-corrected chi connectivity index (χ1v) is 14.3. The maximum absolute atomic E-state index is 12.5. The minimum Gasteiger partial charge on any atom is -0.477 e. The number of aliphatic hydroxyl groups excluding tert-OH is 4. The van der Waals surface area contributed by atoms with Gasteiger partial charge in [0.15, 0.2) is 0 Å². The van der Waals surface area contributed by atoms with Gasteiger partial charge in [0.2, 0.25) is 11.8 Å². The standard InChI is InChI=1S/C29H39F3N2O12/c1-2-10-43-11-5-3-4-6-12-44-28(27(41)42)15-20(36)24(34-23(39)17-35)26(46-28)25(40)21(37)16-33-22(38)14-18-8-7-9-19(13-18)45-29(30,31)32/h1,7-9,13,20-21,24-26,35-37,40H,3-6,10-12,14-17H2,(H,33,38)(H,34,39)(H,41,42)/t20-,21+,24+,25+,26+,28+/m0/s1. The Hall–Kier alpha value is -3.50. The summed E-state index contributed by atoms with van der Waals surface area (Å²) in [7, 11) is 0. The number of benzene rings is 1. The molecule has 0 aliphatic carbocycles. The molecule has 258 valence electrons. The summed E-state index contributed by atoms with van der Waals surface area (Å²) in [5, 5.41) is 56.1. The molecule has 1 saturated heterocycles. The molecular weight excluding hydrogens is 625 g/mol. The number of carboxylic acids is 1. The van der Waals surface area contributed by atoms with Crippen LogP contribution in [-0.4, -0.2) is 119 Å². The maximum Gasteiger partial charge on any atom is 0.573 e. The van der Waals surface area contributed by atoms with E-state index < -0.39 is 92.1 Å². The summed E-state index contributed by atoms with van der Waals surface area (Å²) in [4.78, 5) is 36.7. The van der Waals surface area contributed by atoms with Crippen molar-refractivity contribution in [2.24, 2.45) is 0 Å². The number of carbonyl (C=O) groups is 3. The van der Waals surface area contributed by atoms with Crippen molar-refractivity contribution in [1.29, 1.82) is 0 Å². The molecule has 46 heavy (non-hydrogen) atoms. The summed E-state index contributed by atoms with van der Waals surface area (Å²) in [6.07, 6.45) is -5.92. The Morgan fingerprint density at radius 1 is 1.13 bits per heavy atom. The predicted octanol–water partition coefficient (Wildman–Crippen LogP) is -0.400. The summed E-state index contributed by atoms with van der Waals surface area (Å²) < 4.78 is 57.7. The minimum absolute atomic E-state index is 0.130. The van der Waals surface area contributed by atoms with Crippen LogP contribution < -0.4 is 15.4 Å². The number of aliphatic carboxylic acids is 1. The third-order valence-corrected chi connectivity index (χ3v) is 6.81. The molecule has 6 atom stereocenters. The molecule has 1 aromatic rings. The Labute approximate surface area is 262 Å². The summed E-state index contributed by atoms with van der Waals surface area (Å²) >= 11 is 0. The van der Waals surface area contributed by atoms with Crippen LogP contribution in [0.3, 0.4) is 0 Å². The van der Waals surface area contributed by atoms with Crippen LogP contribution in [-0.2, 0) is 35.0 Å². The number of terminal acetylenes is 1. The van der Waals surface area contributed by atoms with E-state index in [0.717, 1.165) is 18.6 Å². The molecular formula is C29H39F3N2O12. The van der Waals surface area contributed by atoms with Crippen LogP contribution in [0, 0.1) is 12.3 Å². The highest BCUT2D eigenvalue weighted by atomic mass is 19.4. The normalized spacial score (nSPS) is 22.7. The molecule has 2 amide bonds. The van der Waals surface area contributed by atoms with E-state index in [4.69, 9.17) is 20.6 Å². The Morgan fingerprint density at radius 3 is 2.46 bits per heavy atom. The van der Waals surface area contributed by atoms with Crippen molar-refractivity contribution in [3.05, 3.63) is 29.8 Å². The zero-order chi connectivity index (χ0) is 34.3. The summed E-state index contributed by atoms with van der Waals surface area (Å²) in [5.74, 6) is -4.12. The van der Waals surface area contributed by atoms with E-state index in [1.165, 1.54) is 12.1 Å². The molecule has 0 spiro atoms. The number of ether oxygens (including phenoxy) is 4. The largest absolute Gasteiger partial charge is 0.573 e. The fourth-order valence-corrected chi connectivity index (χ4v) is 4.63. The van der Waals surface area contributed by atoms with E-state index in [2.05, 4.69) is 21.3 Å². The summed E-state index contributed by atoms with van der Waals surface area (Å²) in [6.45, 7) is -1.16. The zero-order valence-electron chi connectivity index (χ0n) is 24.8. The molecule has 0 unspecified atom stereocenters. The van der Waals surface area contributed by atoms with Gasteiger partial charge in [-0.25, -0.2) is 4.79 Å². The smallest absolute Gasteiger partial charge is 0.477 e. The maximum atomic E-state index is 12.5. The summed E-state index contributed by atoms with van der Waals surface area (Å²) in [6, 6.07) is 3.12. The highest BCUT2D eigenvalue weighted by Gasteiger charge is 2.55. The van der Waals surface area contributed by atoms with Crippen molar-refractivity contribution in [2.75, 3.05) is 33.0 Å². The average Bonchev–Trinajstić information content (AvgIpc) is 2.98. The molecule has 0 bridgehead atoms. The third-order valence-electron chi connectivity index (χ3n) is 6.81. The lowest BCUT2D eigenvalue weighted by molar-refractivity contribution is -0.310. The van der Waals surface area contributed by atoms with Crippen LogP contribution in [0.1, 0.15) is 37.7 Å². The van der Waals surface area contributed by atoms with Crippen LogP contribution in [0.25, 0.3) is 0 Å². The molecule has 1 aliphatic heterocycles. The number of amides is 2. The van der Waals surface area contributed by atoms with Crippen molar-refractivity contribution in [3.63, 3.8) is 0 Å². The second-order valence-corrected chi connectivity index (χ2v) is 10.4. The Kier molecular flexibility index (Phi) is 15.6. The molecule has 1 fully saturated rings. The molecule has 0 radical (unpaired) electrons. The van der Waals surface area contributed by atoms with Crippen LogP contribution in [0.5, 0.6) is 5.75 Å². The minimum atomic E-state index is -4.94. The molecule has 0 saturated carbocycles. The predicted molar refractivity (Wildman–Crippen MR) is 151 cm³/mol.